The molecule has 0 aliphatic carbocycles. The van der Waals surface area contributed by atoms with Crippen molar-refractivity contribution < 1.29 is 4.79 Å². The third-order valence-corrected chi connectivity index (χ3v) is 4.82. The maximum atomic E-state index is 11.8. The average Bonchev–Trinajstić information content (AvgIpc) is 3.17. The first kappa shape index (κ1) is 13.3. The third kappa shape index (κ3) is 2.15. The number of hydrogen-bond donors (Lipinski definition) is 1. The number of thioether (sulfide) groups is 1. The van der Waals surface area contributed by atoms with Gasteiger partial charge >= 0.3 is 0 Å². The van der Waals surface area contributed by atoms with Gasteiger partial charge in [-0.1, -0.05) is 30.3 Å². The highest BCUT2D eigenvalue weighted by molar-refractivity contribution is 8.18. The van der Waals surface area contributed by atoms with Crippen LogP contribution in [-0.2, 0) is 4.79 Å². The van der Waals surface area contributed by atoms with Crippen LogP contribution in [0.25, 0.3) is 22.3 Å². The molecule has 2 aromatic heterocycles. The Kier molecular flexibility index (Phi) is 3.09. The van der Waals surface area contributed by atoms with Gasteiger partial charge in [0, 0.05) is 17.1 Å². The lowest BCUT2D eigenvalue weighted by Crippen LogP contribution is -2.01. The molecule has 0 radical (unpaired) electrons. The third-order valence-electron chi connectivity index (χ3n) is 3.25. The van der Waals surface area contributed by atoms with Crippen molar-refractivity contribution in [3.8, 4) is 11.3 Å². The van der Waals surface area contributed by atoms with Crippen molar-refractivity contribution >= 4 is 45.2 Å². The monoisotopic (exact) mass is 326 g/mol. The van der Waals surface area contributed by atoms with E-state index in [1.54, 1.807) is 11.3 Å². The van der Waals surface area contributed by atoms with Crippen LogP contribution in [0.15, 0.2) is 51.8 Å². The highest BCUT2D eigenvalue weighted by atomic mass is 32.2. The maximum absolute atomic E-state index is 11.8. The van der Waals surface area contributed by atoms with E-state index in [-0.39, 0.29) is 11.1 Å². The van der Waals surface area contributed by atoms with Crippen molar-refractivity contribution in [1.82, 2.24) is 9.38 Å². The molecular weight excluding hydrogens is 316 g/mol. The van der Waals surface area contributed by atoms with Crippen LogP contribution in [0.5, 0.6) is 0 Å². The zero-order chi connectivity index (χ0) is 15.1. The van der Waals surface area contributed by atoms with E-state index < -0.39 is 0 Å². The number of amides is 1. The number of carbonyl (C=O) groups excluding carboxylic acids is 1. The van der Waals surface area contributed by atoms with Gasteiger partial charge in [0.1, 0.15) is 0 Å². The number of nitrogens with two attached hydrogens (primary N) is 1. The van der Waals surface area contributed by atoms with Crippen LogP contribution in [0.2, 0.25) is 0 Å². The number of benzene rings is 1. The first-order chi connectivity index (χ1) is 10.7. The summed E-state index contributed by atoms with van der Waals surface area (Å²) in [7, 11) is 0. The number of thiazole rings is 1. The number of hydrogen-bond acceptors (Lipinski definition) is 5. The normalized spacial score (nSPS) is 16.6. The summed E-state index contributed by atoms with van der Waals surface area (Å²) in [5.41, 5.74) is 8.34. The summed E-state index contributed by atoms with van der Waals surface area (Å²) >= 11 is 2.74. The zero-order valence-electron chi connectivity index (χ0n) is 11.3. The maximum Gasteiger partial charge on any atom is 0.286 e. The Morgan fingerprint density at radius 1 is 1.23 bits per heavy atom. The van der Waals surface area contributed by atoms with Crippen molar-refractivity contribution in [3.05, 3.63) is 52.5 Å². The Hall–Kier alpha value is -2.38. The Morgan fingerprint density at radius 2 is 2.05 bits per heavy atom. The van der Waals surface area contributed by atoms with E-state index in [2.05, 4.69) is 9.98 Å². The van der Waals surface area contributed by atoms with Gasteiger partial charge in [-0.2, -0.15) is 4.99 Å². The summed E-state index contributed by atoms with van der Waals surface area (Å²) < 4.78 is 1.97. The van der Waals surface area contributed by atoms with Gasteiger partial charge in [0.15, 0.2) is 10.1 Å². The average molecular weight is 326 g/mol. The van der Waals surface area contributed by atoms with Crippen LogP contribution in [0.4, 0.5) is 0 Å². The minimum atomic E-state index is -0.299. The molecule has 108 valence electrons. The molecule has 2 N–H and O–H groups in total. The first-order valence-corrected chi connectivity index (χ1v) is 8.21. The van der Waals surface area contributed by atoms with Crippen molar-refractivity contribution in [2.24, 2.45) is 10.7 Å². The van der Waals surface area contributed by atoms with Crippen LogP contribution in [-0.4, -0.2) is 20.5 Å². The summed E-state index contributed by atoms with van der Waals surface area (Å²) in [5, 5.41) is 2.25. The minimum absolute atomic E-state index is 0.281. The van der Waals surface area contributed by atoms with Crippen LogP contribution >= 0.6 is 23.1 Å². The van der Waals surface area contributed by atoms with Gasteiger partial charge in [0.25, 0.3) is 5.91 Å². The second-order valence-corrected chi connectivity index (χ2v) is 6.57. The molecule has 22 heavy (non-hydrogen) atoms. The van der Waals surface area contributed by atoms with Gasteiger partial charge in [0.2, 0.25) is 0 Å². The summed E-state index contributed by atoms with van der Waals surface area (Å²) in [4.78, 5) is 21.7. The topological polar surface area (TPSA) is 72.8 Å². The molecule has 5 nitrogen and oxygen atoms in total. The van der Waals surface area contributed by atoms with Crippen molar-refractivity contribution in [1.29, 1.82) is 0 Å². The zero-order valence-corrected chi connectivity index (χ0v) is 12.9. The van der Waals surface area contributed by atoms with Gasteiger partial charge in [-0.15, -0.1) is 11.3 Å². The molecular formula is C15H10N4OS2. The molecule has 1 aliphatic heterocycles. The van der Waals surface area contributed by atoms with Gasteiger partial charge in [-0.3, -0.25) is 9.20 Å². The fourth-order valence-electron chi connectivity index (χ4n) is 2.30. The Morgan fingerprint density at radius 3 is 2.77 bits per heavy atom. The van der Waals surface area contributed by atoms with E-state index in [1.807, 2.05) is 52.4 Å². The van der Waals surface area contributed by atoms with Crippen molar-refractivity contribution in [3.63, 3.8) is 0 Å². The predicted molar refractivity (Wildman–Crippen MR) is 90.7 cm³/mol. The molecule has 1 aliphatic rings. The minimum Gasteiger partial charge on any atom is -0.378 e. The smallest absolute Gasteiger partial charge is 0.286 e. The molecule has 1 amide bonds. The van der Waals surface area contributed by atoms with Crippen LogP contribution in [0, 0.1) is 0 Å². The number of rotatable bonds is 2. The number of imidazole rings is 1. The molecule has 0 unspecified atom stereocenters. The fraction of sp³-hybridized carbons (Fsp3) is 0. The van der Waals surface area contributed by atoms with E-state index in [4.69, 9.17) is 5.73 Å². The SMILES string of the molecule is NC1=NC(=O)/C(=C/c2c(-c3ccccc3)nc3sccn23)S1. The van der Waals surface area contributed by atoms with Gasteiger partial charge in [0.05, 0.1) is 16.3 Å². The number of aromatic nitrogens is 2. The lowest BCUT2D eigenvalue weighted by Gasteiger charge is -2.01. The second kappa shape index (κ2) is 5.11. The second-order valence-electron chi connectivity index (χ2n) is 4.63. The molecule has 7 heteroatoms. The Bertz CT molecular complexity index is 937. The first-order valence-electron chi connectivity index (χ1n) is 6.51. The molecule has 0 saturated heterocycles. The van der Waals surface area contributed by atoms with Crippen LogP contribution in [0.3, 0.4) is 0 Å². The van der Waals surface area contributed by atoms with Crippen molar-refractivity contribution in [2.45, 2.75) is 0 Å². The lowest BCUT2D eigenvalue weighted by molar-refractivity contribution is -0.113. The van der Waals surface area contributed by atoms with Gasteiger partial charge in [-0.05, 0) is 17.8 Å². The molecule has 3 heterocycles. The standard InChI is InChI=1S/C15H10N4OS2/c16-14-18-13(20)11(22-14)8-10-12(9-4-2-1-3-5-9)17-15-19(10)6-7-21-15/h1-8H,(H2,16,18,20)/b11-8-. The number of aliphatic imine (C=N–C) groups is 1. The quantitative estimate of drug-likeness (QED) is 0.735. The number of fused-ring (bicyclic) bond motifs is 1. The Balaban J connectivity index is 1.91. The van der Waals surface area contributed by atoms with Crippen LogP contribution < -0.4 is 5.73 Å². The number of amidine groups is 1. The molecule has 0 spiro atoms. The highest BCUT2D eigenvalue weighted by Crippen LogP contribution is 2.32. The van der Waals surface area contributed by atoms with E-state index >= 15 is 0 Å². The van der Waals surface area contributed by atoms with Gasteiger partial charge < -0.3 is 5.73 Å². The summed E-state index contributed by atoms with van der Waals surface area (Å²) in [6, 6.07) is 9.91. The summed E-state index contributed by atoms with van der Waals surface area (Å²) in [6.07, 6.45) is 3.76. The Labute approximate surface area is 134 Å². The van der Waals surface area contributed by atoms with Crippen LogP contribution in [0.1, 0.15) is 5.69 Å². The largest absolute Gasteiger partial charge is 0.378 e. The number of carbonyl (C=O) groups is 1. The van der Waals surface area contributed by atoms with E-state index in [0.29, 0.717) is 4.91 Å². The molecule has 0 saturated carbocycles. The van der Waals surface area contributed by atoms with E-state index in [0.717, 1.165) is 21.9 Å². The molecule has 0 bridgehead atoms. The van der Waals surface area contributed by atoms with E-state index in [9.17, 15) is 4.79 Å². The molecule has 0 fully saturated rings. The highest BCUT2D eigenvalue weighted by Gasteiger charge is 2.22. The molecule has 0 atom stereocenters. The van der Waals surface area contributed by atoms with Crippen molar-refractivity contribution in [2.75, 3.05) is 0 Å². The fourth-order valence-corrected chi connectivity index (χ4v) is 3.68. The summed E-state index contributed by atoms with van der Waals surface area (Å²) in [6.45, 7) is 0. The molecule has 3 aromatic rings. The summed E-state index contributed by atoms with van der Waals surface area (Å²) in [5.74, 6) is -0.299. The number of nitrogens with zero attached hydrogens (tertiary/aromatic N) is 3. The van der Waals surface area contributed by atoms with E-state index in [1.165, 1.54) is 11.8 Å². The molecule has 1 aromatic carbocycles. The molecule has 4 rings (SSSR count). The van der Waals surface area contributed by atoms with Gasteiger partial charge in [-0.25, -0.2) is 4.98 Å². The predicted octanol–water partition coefficient (Wildman–Crippen LogP) is 2.99. The lowest BCUT2D eigenvalue weighted by atomic mass is 10.1.